The molecule has 0 amide bonds. The Morgan fingerprint density at radius 2 is 1.43 bits per heavy atom. The maximum atomic E-state index is 6.27. The van der Waals surface area contributed by atoms with Crippen LogP contribution in [0.5, 0.6) is 0 Å². The molecule has 0 N–H and O–H groups in total. The molecule has 0 bridgehead atoms. The summed E-state index contributed by atoms with van der Waals surface area (Å²) >= 11 is 2.51. The number of halogens is 1. The predicted octanol–water partition coefficient (Wildman–Crippen LogP) is 7.47. The number of ether oxygens (including phenoxy) is 2. The standard InChI is InChI=1S/C27H41IO2/c1-20-2-4-21(5-3-20)6-7-22-8-10-23(11-9-22)24-12-14-26(29-18-24)16-17-27-15-13-25(28)19-30-27/h8-11,20-21,24-27H,2-7,12-19H2,1H3. The molecule has 1 saturated carbocycles. The number of rotatable bonds is 7. The minimum absolute atomic E-state index is 0.444. The highest BCUT2D eigenvalue weighted by Gasteiger charge is 2.25. The van der Waals surface area contributed by atoms with Crippen molar-refractivity contribution >= 4 is 22.6 Å². The van der Waals surface area contributed by atoms with E-state index in [4.69, 9.17) is 9.47 Å². The predicted molar refractivity (Wildman–Crippen MR) is 134 cm³/mol. The van der Waals surface area contributed by atoms with Gasteiger partial charge in [-0.05, 0) is 74.3 Å². The molecule has 4 unspecified atom stereocenters. The second kappa shape index (κ2) is 11.7. The third-order valence-corrected chi connectivity index (χ3v) is 8.91. The van der Waals surface area contributed by atoms with E-state index in [1.54, 1.807) is 0 Å². The van der Waals surface area contributed by atoms with Crippen LogP contribution >= 0.6 is 22.6 Å². The van der Waals surface area contributed by atoms with E-state index in [2.05, 4.69) is 53.8 Å². The molecule has 3 aliphatic rings. The monoisotopic (exact) mass is 524 g/mol. The van der Waals surface area contributed by atoms with Crippen LogP contribution in [-0.4, -0.2) is 29.3 Å². The molecule has 0 radical (unpaired) electrons. The largest absolute Gasteiger partial charge is 0.378 e. The molecule has 2 aliphatic heterocycles. The molecule has 2 nitrogen and oxygen atoms in total. The second-order valence-electron chi connectivity index (χ2n) is 10.3. The van der Waals surface area contributed by atoms with Gasteiger partial charge >= 0.3 is 0 Å². The van der Waals surface area contributed by atoms with Gasteiger partial charge in [-0.1, -0.05) is 79.5 Å². The average Bonchev–Trinajstić information content (AvgIpc) is 2.79. The summed E-state index contributed by atoms with van der Waals surface area (Å²) < 4.78 is 13.0. The molecule has 0 spiro atoms. The molecule has 3 fully saturated rings. The van der Waals surface area contributed by atoms with Gasteiger partial charge in [-0.15, -0.1) is 0 Å². The topological polar surface area (TPSA) is 18.5 Å². The summed E-state index contributed by atoms with van der Waals surface area (Å²) in [5, 5.41) is 0. The van der Waals surface area contributed by atoms with Crippen LogP contribution in [0.2, 0.25) is 0 Å². The van der Waals surface area contributed by atoms with Crippen LogP contribution in [0.3, 0.4) is 0 Å². The van der Waals surface area contributed by atoms with Crippen LogP contribution in [-0.2, 0) is 15.9 Å². The number of aryl methyl sites for hydroxylation is 1. The first kappa shape index (κ1) is 23.0. The maximum absolute atomic E-state index is 6.27. The van der Waals surface area contributed by atoms with Crippen molar-refractivity contribution in [3.05, 3.63) is 35.4 Å². The third-order valence-electron chi connectivity index (χ3n) is 7.92. The Hall–Kier alpha value is -0.130. The highest BCUT2D eigenvalue weighted by molar-refractivity contribution is 14.1. The van der Waals surface area contributed by atoms with Crippen molar-refractivity contribution in [3.8, 4) is 0 Å². The quantitative estimate of drug-likeness (QED) is 0.272. The minimum Gasteiger partial charge on any atom is -0.378 e. The molecular formula is C27H41IO2. The van der Waals surface area contributed by atoms with Crippen LogP contribution in [0.25, 0.3) is 0 Å². The van der Waals surface area contributed by atoms with E-state index in [0.717, 1.165) is 25.0 Å². The van der Waals surface area contributed by atoms with Gasteiger partial charge in [0.15, 0.2) is 0 Å². The molecule has 2 saturated heterocycles. The van der Waals surface area contributed by atoms with Crippen molar-refractivity contribution in [3.63, 3.8) is 0 Å². The van der Waals surface area contributed by atoms with E-state index in [1.165, 1.54) is 88.2 Å². The molecular weight excluding hydrogens is 483 g/mol. The van der Waals surface area contributed by atoms with Gasteiger partial charge in [-0.25, -0.2) is 0 Å². The van der Waals surface area contributed by atoms with E-state index in [-0.39, 0.29) is 0 Å². The molecule has 1 aliphatic carbocycles. The van der Waals surface area contributed by atoms with Gasteiger partial charge in [0.1, 0.15) is 0 Å². The van der Waals surface area contributed by atoms with Gasteiger partial charge in [0.25, 0.3) is 0 Å². The van der Waals surface area contributed by atoms with E-state index in [1.807, 2.05) is 0 Å². The highest BCUT2D eigenvalue weighted by atomic mass is 127. The fourth-order valence-electron chi connectivity index (χ4n) is 5.61. The zero-order chi connectivity index (χ0) is 20.8. The van der Waals surface area contributed by atoms with E-state index in [9.17, 15) is 0 Å². The van der Waals surface area contributed by atoms with Crippen LogP contribution in [0.1, 0.15) is 94.6 Å². The van der Waals surface area contributed by atoms with Gasteiger partial charge < -0.3 is 9.47 Å². The molecule has 0 aromatic heterocycles. The van der Waals surface area contributed by atoms with Crippen molar-refractivity contribution in [1.82, 2.24) is 0 Å². The number of alkyl halides is 1. The number of benzene rings is 1. The molecule has 4 rings (SSSR count). The fourth-order valence-corrected chi connectivity index (χ4v) is 6.18. The summed E-state index contributed by atoms with van der Waals surface area (Å²) in [6.07, 6.45) is 16.7. The first-order valence-electron chi connectivity index (χ1n) is 12.6. The smallest absolute Gasteiger partial charge is 0.0587 e. The third kappa shape index (κ3) is 6.93. The lowest BCUT2D eigenvalue weighted by Crippen LogP contribution is -2.29. The molecule has 1 aromatic rings. The summed E-state index contributed by atoms with van der Waals surface area (Å²) in [7, 11) is 0. The van der Waals surface area contributed by atoms with E-state index in [0.29, 0.717) is 22.1 Å². The van der Waals surface area contributed by atoms with Crippen molar-refractivity contribution in [1.29, 1.82) is 0 Å². The van der Waals surface area contributed by atoms with Crippen molar-refractivity contribution in [2.75, 3.05) is 13.2 Å². The Morgan fingerprint density at radius 3 is 2.03 bits per heavy atom. The summed E-state index contributed by atoms with van der Waals surface area (Å²) in [5.74, 6) is 2.51. The molecule has 1 aromatic carbocycles. The van der Waals surface area contributed by atoms with Gasteiger partial charge in [0.2, 0.25) is 0 Å². The average molecular weight is 525 g/mol. The summed E-state index contributed by atoms with van der Waals surface area (Å²) in [6.45, 7) is 4.25. The van der Waals surface area contributed by atoms with E-state index < -0.39 is 0 Å². The lowest BCUT2D eigenvalue weighted by molar-refractivity contribution is -0.0259. The van der Waals surface area contributed by atoms with Crippen LogP contribution in [0, 0.1) is 11.8 Å². The zero-order valence-corrected chi connectivity index (χ0v) is 21.0. The van der Waals surface area contributed by atoms with Crippen LogP contribution < -0.4 is 0 Å². The lowest BCUT2D eigenvalue weighted by atomic mass is 9.80. The Morgan fingerprint density at radius 1 is 0.767 bits per heavy atom. The Balaban J connectivity index is 1.15. The Kier molecular flexibility index (Phi) is 8.95. The van der Waals surface area contributed by atoms with Crippen molar-refractivity contribution in [2.24, 2.45) is 11.8 Å². The SMILES string of the molecule is CC1CCC(CCc2ccc(C3CCC(CCC4CCC(I)CO4)OC3)cc2)CC1. The van der Waals surface area contributed by atoms with Crippen molar-refractivity contribution < 1.29 is 9.47 Å². The maximum Gasteiger partial charge on any atom is 0.0587 e. The minimum atomic E-state index is 0.444. The van der Waals surface area contributed by atoms with Gasteiger partial charge in [-0.3, -0.25) is 0 Å². The second-order valence-corrected chi connectivity index (χ2v) is 12.1. The van der Waals surface area contributed by atoms with Crippen molar-refractivity contribution in [2.45, 2.75) is 106 Å². The van der Waals surface area contributed by atoms with E-state index >= 15 is 0 Å². The summed E-state index contributed by atoms with van der Waals surface area (Å²) in [4.78, 5) is 0. The molecule has 2 heterocycles. The Bertz CT molecular complexity index is 606. The van der Waals surface area contributed by atoms with Gasteiger partial charge in [-0.2, -0.15) is 0 Å². The van der Waals surface area contributed by atoms with Crippen LogP contribution in [0.15, 0.2) is 24.3 Å². The lowest BCUT2D eigenvalue weighted by Gasteiger charge is -2.31. The summed E-state index contributed by atoms with van der Waals surface area (Å²) in [5.41, 5.74) is 3.00. The number of hydrogen-bond acceptors (Lipinski definition) is 2. The fraction of sp³-hybridized carbons (Fsp3) is 0.778. The number of hydrogen-bond donors (Lipinski definition) is 0. The van der Waals surface area contributed by atoms with Gasteiger partial charge in [0, 0.05) is 9.84 Å². The molecule has 3 heteroatoms. The summed E-state index contributed by atoms with van der Waals surface area (Å²) in [6, 6.07) is 9.52. The van der Waals surface area contributed by atoms with Crippen LogP contribution in [0.4, 0.5) is 0 Å². The molecule has 4 atom stereocenters. The van der Waals surface area contributed by atoms with Gasteiger partial charge in [0.05, 0.1) is 25.4 Å². The highest BCUT2D eigenvalue weighted by Crippen LogP contribution is 2.33. The first-order chi connectivity index (χ1) is 14.7. The molecule has 168 valence electrons. The Labute approximate surface area is 198 Å². The zero-order valence-electron chi connectivity index (χ0n) is 18.9. The normalized spacial score (nSPS) is 35.3. The molecule has 30 heavy (non-hydrogen) atoms. The first-order valence-corrected chi connectivity index (χ1v) is 13.9.